The van der Waals surface area contributed by atoms with E-state index in [4.69, 9.17) is 25.7 Å². The third kappa shape index (κ3) is 4.69. The van der Waals surface area contributed by atoms with Gasteiger partial charge in [-0.1, -0.05) is 37.2 Å². The van der Waals surface area contributed by atoms with Crippen molar-refractivity contribution in [2.75, 3.05) is 7.11 Å². The molecule has 2 aromatic carbocycles. The van der Waals surface area contributed by atoms with Gasteiger partial charge in [-0.2, -0.15) is 0 Å². The van der Waals surface area contributed by atoms with Gasteiger partial charge in [-0.15, -0.1) is 0 Å². The van der Waals surface area contributed by atoms with Crippen LogP contribution in [-0.2, 0) is 12.3 Å². The van der Waals surface area contributed by atoms with Crippen LogP contribution in [0, 0.1) is 5.92 Å². The van der Waals surface area contributed by atoms with Gasteiger partial charge in [0.2, 0.25) is 0 Å². The minimum atomic E-state index is -0.434. The van der Waals surface area contributed by atoms with E-state index >= 15 is 0 Å². The molecule has 0 unspecified atom stereocenters. The van der Waals surface area contributed by atoms with Crippen LogP contribution in [0.25, 0.3) is 21.9 Å². The molecule has 0 radical (unpaired) electrons. The Kier molecular flexibility index (Phi) is 6.58. The third-order valence-electron chi connectivity index (χ3n) is 5.21. The van der Waals surface area contributed by atoms with Gasteiger partial charge < -0.3 is 9.15 Å². The Morgan fingerprint density at radius 1 is 1.12 bits per heavy atom. The van der Waals surface area contributed by atoms with E-state index in [1.807, 2.05) is 12.1 Å². The summed E-state index contributed by atoms with van der Waals surface area (Å²) in [7, 11) is 1.56. The van der Waals surface area contributed by atoms with Crippen molar-refractivity contribution in [2.24, 2.45) is 5.92 Å². The summed E-state index contributed by atoms with van der Waals surface area (Å²) in [6.07, 6.45) is 0.853. The predicted octanol–water partition coefficient (Wildman–Crippen LogP) is 5.50. The van der Waals surface area contributed by atoms with Crippen molar-refractivity contribution >= 4 is 45.2 Å². The Balaban J connectivity index is 1.76. The molecule has 8 heteroatoms. The van der Waals surface area contributed by atoms with Gasteiger partial charge >= 0.3 is 5.63 Å². The highest BCUT2D eigenvalue weighted by Gasteiger charge is 2.14. The Morgan fingerprint density at radius 3 is 2.66 bits per heavy atom. The molecule has 4 aromatic rings. The first-order valence-corrected chi connectivity index (χ1v) is 11.7. The van der Waals surface area contributed by atoms with Gasteiger partial charge in [-0.05, 0) is 48.2 Å². The molecule has 2 aromatic heterocycles. The van der Waals surface area contributed by atoms with E-state index in [0.717, 1.165) is 17.4 Å². The molecule has 0 N–H and O–H groups in total. The second-order valence-corrected chi connectivity index (χ2v) is 9.32. The van der Waals surface area contributed by atoms with Crippen LogP contribution in [0.2, 0.25) is 5.02 Å². The number of rotatable bonds is 7. The summed E-state index contributed by atoms with van der Waals surface area (Å²) in [6, 6.07) is 12.0. The second kappa shape index (κ2) is 9.38. The van der Waals surface area contributed by atoms with Gasteiger partial charge in [0, 0.05) is 34.8 Å². The van der Waals surface area contributed by atoms with E-state index in [9.17, 15) is 9.59 Å². The van der Waals surface area contributed by atoms with Crippen LogP contribution in [0.3, 0.4) is 0 Å². The van der Waals surface area contributed by atoms with Gasteiger partial charge in [0.25, 0.3) is 5.56 Å². The van der Waals surface area contributed by atoms with Crippen LogP contribution in [0.4, 0.5) is 0 Å². The van der Waals surface area contributed by atoms with Crippen molar-refractivity contribution in [3.63, 3.8) is 0 Å². The Labute approximate surface area is 194 Å². The molecular weight excluding hydrogens is 448 g/mol. The maximum absolute atomic E-state index is 13.2. The minimum Gasteiger partial charge on any atom is -0.497 e. The van der Waals surface area contributed by atoms with Gasteiger partial charge in [-0.25, -0.2) is 9.78 Å². The number of thioether (sulfide) groups is 1. The van der Waals surface area contributed by atoms with Crippen molar-refractivity contribution in [1.29, 1.82) is 0 Å². The predicted molar refractivity (Wildman–Crippen MR) is 129 cm³/mol. The molecule has 32 heavy (non-hydrogen) atoms. The highest BCUT2D eigenvalue weighted by atomic mass is 35.5. The Morgan fingerprint density at radius 2 is 1.91 bits per heavy atom. The summed E-state index contributed by atoms with van der Waals surface area (Å²) in [5.74, 6) is 1.51. The van der Waals surface area contributed by atoms with Gasteiger partial charge in [0.05, 0.1) is 18.0 Å². The number of hydrogen-bond acceptors (Lipinski definition) is 6. The summed E-state index contributed by atoms with van der Waals surface area (Å²) in [4.78, 5) is 30.1. The first-order chi connectivity index (χ1) is 15.4. The van der Waals surface area contributed by atoms with Crippen LogP contribution >= 0.6 is 23.4 Å². The summed E-state index contributed by atoms with van der Waals surface area (Å²) >= 11 is 7.55. The number of nitrogens with zero attached hydrogens (tertiary/aromatic N) is 2. The summed E-state index contributed by atoms with van der Waals surface area (Å²) < 4.78 is 12.3. The fourth-order valence-electron chi connectivity index (χ4n) is 3.47. The van der Waals surface area contributed by atoms with Gasteiger partial charge in [-0.3, -0.25) is 9.36 Å². The third-order valence-corrected chi connectivity index (χ3v) is 6.47. The number of halogens is 1. The van der Waals surface area contributed by atoms with Crippen LogP contribution in [0.1, 0.15) is 25.8 Å². The van der Waals surface area contributed by atoms with Crippen molar-refractivity contribution in [3.05, 3.63) is 73.8 Å². The molecule has 0 aliphatic carbocycles. The maximum Gasteiger partial charge on any atom is 0.336 e. The molecule has 0 atom stereocenters. The molecule has 0 aliphatic rings. The molecule has 2 heterocycles. The summed E-state index contributed by atoms with van der Waals surface area (Å²) in [5.41, 5.74) is 1.31. The SMILES string of the molecule is COc1ccc2c(CSc3nc4cc(Cl)ccc4c(=O)n3CCC(C)C)cc(=O)oc2c1. The van der Waals surface area contributed by atoms with Crippen LogP contribution in [0.5, 0.6) is 5.75 Å². The standard InChI is InChI=1S/C24H23ClN2O4S/c1-14(2)8-9-27-23(29)19-6-4-16(25)11-20(19)26-24(27)32-13-15-10-22(28)31-21-12-17(30-3)5-7-18(15)21/h4-7,10-12,14H,8-9,13H2,1-3H3. The lowest BCUT2D eigenvalue weighted by atomic mass is 10.1. The first kappa shape index (κ1) is 22.4. The zero-order chi connectivity index (χ0) is 22.8. The van der Waals surface area contributed by atoms with E-state index in [1.165, 1.54) is 17.8 Å². The van der Waals surface area contributed by atoms with E-state index in [1.54, 1.807) is 35.9 Å². The number of hydrogen-bond donors (Lipinski definition) is 0. The smallest absolute Gasteiger partial charge is 0.336 e. The highest BCUT2D eigenvalue weighted by molar-refractivity contribution is 7.98. The zero-order valence-corrected chi connectivity index (χ0v) is 19.6. The van der Waals surface area contributed by atoms with Crippen LogP contribution in [-0.4, -0.2) is 16.7 Å². The second-order valence-electron chi connectivity index (χ2n) is 7.94. The van der Waals surface area contributed by atoms with Crippen LogP contribution < -0.4 is 15.9 Å². The minimum absolute atomic E-state index is 0.0861. The molecule has 0 saturated heterocycles. The van der Waals surface area contributed by atoms with Gasteiger partial charge in [0.15, 0.2) is 5.16 Å². The maximum atomic E-state index is 13.2. The average molecular weight is 471 g/mol. The fourth-order valence-corrected chi connectivity index (χ4v) is 4.65. The zero-order valence-electron chi connectivity index (χ0n) is 18.1. The van der Waals surface area contributed by atoms with Gasteiger partial charge in [0.1, 0.15) is 11.3 Å². The lowest BCUT2D eigenvalue weighted by molar-refractivity contribution is 0.414. The molecular formula is C24H23ClN2O4S. The normalized spacial score (nSPS) is 11.5. The lowest BCUT2D eigenvalue weighted by Gasteiger charge is -2.15. The lowest BCUT2D eigenvalue weighted by Crippen LogP contribution is -2.24. The monoisotopic (exact) mass is 470 g/mol. The molecule has 4 rings (SSSR count). The molecule has 0 saturated carbocycles. The van der Waals surface area contributed by atoms with E-state index < -0.39 is 5.63 Å². The average Bonchev–Trinajstić information content (AvgIpc) is 2.75. The number of aromatic nitrogens is 2. The largest absolute Gasteiger partial charge is 0.497 e. The molecule has 166 valence electrons. The molecule has 0 bridgehead atoms. The molecule has 0 spiro atoms. The molecule has 6 nitrogen and oxygen atoms in total. The van der Waals surface area contributed by atoms with Crippen molar-refractivity contribution in [1.82, 2.24) is 9.55 Å². The summed E-state index contributed by atoms with van der Waals surface area (Å²) in [6.45, 7) is 4.81. The van der Waals surface area contributed by atoms with E-state index in [-0.39, 0.29) is 5.56 Å². The van der Waals surface area contributed by atoms with Crippen LogP contribution in [0.15, 0.2) is 61.6 Å². The number of methoxy groups -OCH3 is 1. The quantitative estimate of drug-likeness (QED) is 0.201. The summed E-state index contributed by atoms with van der Waals surface area (Å²) in [5, 5.41) is 2.49. The first-order valence-electron chi connectivity index (χ1n) is 10.3. The van der Waals surface area contributed by atoms with Crippen molar-refractivity contribution in [2.45, 2.75) is 37.7 Å². The molecule has 0 aliphatic heterocycles. The van der Waals surface area contributed by atoms with Crippen molar-refractivity contribution in [3.8, 4) is 5.75 Å². The van der Waals surface area contributed by atoms with E-state index in [0.29, 0.717) is 50.6 Å². The number of ether oxygens (including phenoxy) is 1. The number of fused-ring (bicyclic) bond motifs is 2. The Hall–Kier alpha value is -2.77. The Bertz CT molecular complexity index is 1410. The molecule has 0 amide bonds. The highest BCUT2D eigenvalue weighted by Crippen LogP contribution is 2.28. The molecule has 0 fully saturated rings. The fraction of sp³-hybridized carbons (Fsp3) is 0.292. The number of benzene rings is 2. The topological polar surface area (TPSA) is 74.3 Å². The van der Waals surface area contributed by atoms with E-state index in [2.05, 4.69) is 13.8 Å². The van der Waals surface area contributed by atoms with Crippen molar-refractivity contribution < 1.29 is 9.15 Å².